The number of hydrogen-bond donors (Lipinski definition) is 1. The van der Waals surface area contributed by atoms with Crippen LogP contribution in [0.25, 0.3) is 0 Å². The van der Waals surface area contributed by atoms with Gasteiger partial charge in [0.15, 0.2) is 0 Å². The van der Waals surface area contributed by atoms with Crippen LogP contribution in [0, 0.1) is 16.2 Å². The van der Waals surface area contributed by atoms with Crippen molar-refractivity contribution in [3.8, 4) is 0 Å². The molecule has 1 aliphatic heterocycles. The smallest absolute Gasteiger partial charge is 0.228 e. The first-order valence-corrected chi connectivity index (χ1v) is 5.70. The second-order valence-corrected chi connectivity index (χ2v) is 6.20. The molecule has 1 saturated carbocycles. The Labute approximate surface area is 91.1 Å². The van der Waals surface area contributed by atoms with E-state index in [9.17, 15) is 4.79 Å². The maximum Gasteiger partial charge on any atom is 0.228 e. The van der Waals surface area contributed by atoms with Crippen molar-refractivity contribution in [1.82, 2.24) is 5.32 Å². The van der Waals surface area contributed by atoms with Gasteiger partial charge in [0.2, 0.25) is 5.91 Å². The molecule has 2 aliphatic carbocycles. The third-order valence-electron chi connectivity index (χ3n) is 6.82. The third-order valence-corrected chi connectivity index (χ3v) is 6.82. The molecular weight excluding hydrogens is 186 g/mol. The minimum Gasteiger partial charge on any atom is -0.346 e. The van der Waals surface area contributed by atoms with Crippen molar-refractivity contribution in [3.63, 3.8) is 0 Å². The Hall–Kier alpha value is -0.790. The fraction of sp³-hybridized carbons (Fsp3) is 0.769. The van der Waals surface area contributed by atoms with Crippen LogP contribution in [0.3, 0.4) is 0 Å². The fourth-order valence-corrected chi connectivity index (χ4v) is 5.02. The molecule has 15 heavy (non-hydrogen) atoms. The van der Waals surface area contributed by atoms with Gasteiger partial charge in [-0.05, 0) is 33.3 Å². The minimum atomic E-state index is -0.182. The molecule has 2 fully saturated rings. The largest absolute Gasteiger partial charge is 0.346 e. The van der Waals surface area contributed by atoms with Crippen LogP contribution in [0.15, 0.2) is 11.1 Å². The maximum absolute atomic E-state index is 12.2. The molecule has 1 heterocycles. The van der Waals surface area contributed by atoms with Gasteiger partial charge in [-0.15, -0.1) is 0 Å². The number of rotatable bonds is 0. The van der Waals surface area contributed by atoms with Crippen LogP contribution in [-0.2, 0) is 4.79 Å². The lowest BCUT2D eigenvalue weighted by Gasteiger charge is -2.31. The number of hydrogen-bond acceptors (Lipinski definition) is 1. The lowest BCUT2D eigenvalue weighted by atomic mass is 9.79. The molecule has 0 radical (unpaired) electrons. The maximum atomic E-state index is 12.2. The molecule has 1 amide bonds. The van der Waals surface area contributed by atoms with E-state index in [1.807, 2.05) is 0 Å². The van der Waals surface area contributed by atoms with Gasteiger partial charge in [-0.25, -0.2) is 0 Å². The van der Waals surface area contributed by atoms with E-state index >= 15 is 0 Å². The number of piperidine rings is 1. The number of carbonyl (C=O) groups is 1. The monoisotopic (exact) mass is 205 g/mol. The summed E-state index contributed by atoms with van der Waals surface area (Å²) >= 11 is 0. The van der Waals surface area contributed by atoms with Gasteiger partial charge in [0.25, 0.3) is 0 Å². The Morgan fingerprint density at radius 3 is 1.87 bits per heavy atom. The number of amides is 1. The van der Waals surface area contributed by atoms with E-state index < -0.39 is 0 Å². The van der Waals surface area contributed by atoms with Gasteiger partial charge in [-0.2, -0.15) is 0 Å². The summed E-state index contributed by atoms with van der Waals surface area (Å²) in [7, 11) is 0. The molecule has 0 spiro atoms. The van der Waals surface area contributed by atoms with E-state index in [-0.39, 0.29) is 27.7 Å². The lowest BCUT2D eigenvalue weighted by Crippen LogP contribution is -2.47. The molecule has 2 nitrogen and oxygen atoms in total. The van der Waals surface area contributed by atoms with Crippen LogP contribution in [0.5, 0.6) is 0 Å². The van der Waals surface area contributed by atoms with E-state index in [0.717, 1.165) is 0 Å². The van der Waals surface area contributed by atoms with Gasteiger partial charge >= 0.3 is 0 Å². The van der Waals surface area contributed by atoms with E-state index in [1.165, 1.54) is 11.1 Å². The van der Waals surface area contributed by atoms with E-state index in [0.29, 0.717) is 0 Å². The zero-order chi connectivity index (χ0) is 11.4. The quantitative estimate of drug-likeness (QED) is 0.604. The van der Waals surface area contributed by atoms with Crippen molar-refractivity contribution in [2.24, 2.45) is 16.2 Å². The van der Waals surface area contributed by atoms with Gasteiger partial charge in [0.05, 0.1) is 11.0 Å². The van der Waals surface area contributed by atoms with Crippen LogP contribution in [0.4, 0.5) is 0 Å². The standard InChI is InChI=1S/C13H19NO/c1-7-8(2)12(5)13(6)10(7,3)11(13,4)9(15)14-12/h1-6H3,(H,14,15)/t10-,11-,12+,13-/m0/s1. The molecule has 2 heteroatoms. The molecule has 0 aromatic rings. The molecule has 0 unspecified atom stereocenters. The van der Waals surface area contributed by atoms with Crippen LogP contribution in [0.1, 0.15) is 41.5 Å². The normalized spacial score (nSPS) is 60.8. The number of fused-ring (bicyclic) bond motifs is 1. The first-order valence-electron chi connectivity index (χ1n) is 5.70. The molecule has 1 saturated heterocycles. The van der Waals surface area contributed by atoms with Crippen molar-refractivity contribution in [2.45, 2.75) is 47.1 Å². The minimum absolute atomic E-state index is 0.0816. The predicted molar refractivity (Wildman–Crippen MR) is 59.2 cm³/mol. The Kier molecular flexibility index (Phi) is 1.12. The van der Waals surface area contributed by atoms with Crippen molar-refractivity contribution < 1.29 is 4.79 Å². The summed E-state index contributed by atoms with van der Waals surface area (Å²) in [6.45, 7) is 13.2. The first kappa shape index (κ1) is 9.44. The summed E-state index contributed by atoms with van der Waals surface area (Å²) in [5.74, 6) is 0.242. The van der Waals surface area contributed by atoms with Crippen molar-refractivity contribution in [3.05, 3.63) is 11.1 Å². The fourth-order valence-electron chi connectivity index (χ4n) is 5.02. The summed E-state index contributed by atoms with van der Waals surface area (Å²) < 4.78 is 0. The Bertz CT molecular complexity index is 445. The third kappa shape index (κ3) is 0.458. The Balaban J connectivity index is 2.38. The summed E-state index contributed by atoms with van der Waals surface area (Å²) in [5, 5.41) is 3.21. The van der Waals surface area contributed by atoms with Crippen LogP contribution in [-0.4, -0.2) is 11.4 Å². The predicted octanol–water partition coefficient (Wildman–Crippen LogP) is 2.26. The molecule has 1 N–H and O–H groups in total. The number of carbonyl (C=O) groups excluding carboxylic acids is 1. The van der Waals surface area contributed by atoms with Gasteiger partial charge in [0.1, 0.15) is 0 Å². The Morgan fingerprint density at radius 1 is 0.933 bits per heavy atom. The average molecular weight is 205 g/mol. The molecule has 3 rings (SSSR count). The number of allylic oxidation sites excluding steroid dienone is 1. The molecule has 0 aromatic carbocycles. The van der Waals surface area contributed by atoms with Crippen molar-refractivity contribution >= 4 is 5.91 Å². The highest BCUT2D eigenvalue weighted by atomic mass is 16.2. The summed E-state index contributed by atoms with van der Waals surface area (Å²) in [4.78, 5) is 12.2. The second kappa shape index (κ2) is 1.79. The van der Waals surface area contributed by atoms with E-state index in [4.69, 9.17) is 0 Å². The van der Waals surface area contributed by atoms with Crippen molar-refractivity contribution in [2.75, 3.05) is 0 Å². The lowest BCUT2D eigenvalue weighted by molar-refractivity contribution is -0.125. The Morgan fingerprint density at radius 2 is 1.47 bits per heavy atom. The second-order valence-electron chi connectivity index (χ2n) is 6.20. The van der Waals surface area contributed by atoms with E-state index in [2.05, 4.69) is 46.9 Å². The van der Waals surface area contributed by atoms with Crippen LogP contribution >= 0.6 is 0 Å². The molecular formula is C13H19NO. The summed E-state index contributed by atoms with van der Waals surface area (Å²) in [5.41, 5.74) is 2.67. The zero-order valence-corrected chi connectivity index (χ0v) is 10.4. The zero-order valence-electron chi connectivity index (χ0n) is 10.4. The molecule has 82 valence electrons. The van der Waals surface area contributed by atoms with Gasteiger partial charge in [-0.3, -0.25) is 4.79 Å². The SMILES string of the molecule is CC1=C(C)[C@@]2(C)NC(=O)[C@@]3(C)[C@@]1(C)[C@@]32C. The molecule has 0 bridgehead atoms. The summed E-state index contributed by atoms with van der Waals surface area (Å²) in [6, 6.07) is 0. The van der Waals surface area contributed by atoms with Gasteiger partial charge < -0.3 is 5.32 Å². The summed E-state index contributed by atoms with van der Waals surface area (Å²) in [6.07, 6.45) is 0. The van der Waals surface area contributed by atoms with Gasteiger partial charge in [-0.1, -0.05) is 19.4 Å². The highest BCUT2D eigenvalue weighted by Gasteiger charge is 2.95. The van der Waals surface area contributed by atoms with Crippen LogP contribution in [0.2, 0.25) is 0 Å². The highest BCUT2D eigenvalue weighted by molar-refractivity contribution is 5.97. The average Bonchev–Trinajstić information content (AvgIpc) is 2.48. The van der Waals surface area contributed by atoms with Gasteiger partial charge in [0, 0.05) is 10.8 Å². The van der Waals surface area contributed by atoms with E-state index in [1.54, 1.807) is 0 Å². The molecule has 3 aliphatic rings. The number of nitrogens with one attached hydrogen (secondary N) is 1. The molecule has 0 aromatic heterocycles. The van der Waals surface area contributed by atoms with Crippen LogP contribution < -0.4 is 5.32 Å². The highest BCUT2D eigenvalue weighted by Crippen LogP contribution is 2.91. The first-order chi connectivity index (χ1) is 6.69. The van der Waals surface area contributed by atoms with Crippen molar-refractivity contribution in [1.29, 1.82) is 0 Å². The molecule has 4 atom stereocenters. The topological polar surface area (TPSA) is 29.1 Å².